The molecule has 17 heavy (non-hydrogen) atoms. The first kappa shape index (κ1) is 12.1. The Kier molecular flexibility index (Phi) is 3.75. The average molecular weight is 253 g/mol. The van der Waals surface area contributed by atoms with Gasteiger partial charge < -0.3 is 15.0 Å². The molecule has 0 radical (unpaired) electrons. The number of rotatable bonds is 5. The summed E-state index contributed by atoms with van der Waals surface area (Å²) in [6.45, 7) is 2.04. The molecule has 1 unspecified atom stereocenters. The van der Waals surface area contributed by atoms with Gasteiger partial charge in [0.1, 0.15) is 5.75 Å². The van der Waals surface area contributed by atoms with Crippen molar-refractivity contribution in [2.45, 2.75) is 25.8 Å². The van der Waals surface area contributed by atoms with Gasteiger partial charge in [0.15, 0.2) is 5.82 Å². The number of nitrogens with zero attached hydrogens (tertiary/aromatic N) is 2. The van der Waals surface area contributed by atoms with E-state index in [-0.39, 0.29) is 6.04 Å². The third-order valence-electron chi connectivity index (χ3n) is 2.46. The van der Waals surface area contributed by atoms with Gasteiger partial charge in [0.25, 0.3) is 5.89 Å². The maximum atomic E-state index is 5.84. The first-order chi connectivity index (χ1) is 8.22. The highest BCUT2D eigenvalue weighted by Gasteiger charge is 2.13. The molecule has 0 saturated carbocycles. The largest absolute Gasteiger partial charge is 0.496 e. The van der Waals surface area contributed by atoms with E-state index >= 15 is 0 Å². The second kappa shape index (κ2) is 5.29. The van der Waals surface area contributed by atoms with Crippen molar-refractivity contribution in [2.24, 2.45) is 5.73 Å². The number of methoxy groups -OCH3 is 1. The van der Waals surface area contributed by atoms with Crippen LogP contribution in [0.5, 0.6) is 5.75 Å². The monoisotopic (exact) mass is 253 g/mol. The van der Waals surface area contributed by atoms with Crippen LogP contribution < -0.4 is 10.5 Å². The molecular formula is C11H15N3O2S. The van der Waals surface area contributed by atoms with Gasteiger partial charge in [0, 0.05) is 23.9 Å². The van der Waals surface area contributed by atoms with Gasteiger partial charge in [-0.25, -0.2) is 0 Å². The lowest BCUT2D eigenvalue weighted by Crippen LogP contribution is -2.21. The van der Waals surface area contributed by atoms with Gasteiger partial charge in [0.05, 0.1) is 12.0 Å². The van der Waals surface area contributed by atoms with Crippen molar-refractivity contribution in [1.29, 1.82) is 0 Å². The molecule has 1 atom stereocenters. The molecule has 0 bridgehead atoms. The van der Waals surface area contributed by atoms with E-state index in [0.29, 0.717) is 18.1 Å². The molecular weight excluding hydrogens is 238 g/mol. The quantitative estimate of drug-likeness (QED) is 0.883. The first-order valence-corrected chi connectivity index (χ1v) is 6.32. The topological polar surface area (TPSA) is 74.2 Å². The Hall–Kier alpha value is -1.40. The highest BCUT2D eigenvalue weighted by Crippen LogP contribution is 2.29. The van der Waals surface area contributed by atoms with Gasteiger partial charge in [-0.15, -0.1) is 11.3 Å². The maximum Gasteiger partial charge on any atom is 0.268 e. The van der Waals surface area contributed by atoms with Crippen molar-refractivity contribution in [3.05, 3.63) is 17.3 Å². The lowest BCUT2D eigenvalue weighted by Gasteiger charge is -2.02. The molecule has 2 heterocycles. The Labute approximate surface area is 104 Å². The molecule has 0 aliphatic rings. The summed E-state index contributed by atoms with van der Waals surface area (Å²) in [5.74, 6) is 1.98. The predicted octanol–water partition coefficient (Wildman–Crippen LogP) is 2.09. The Morgan fingerprint density at radius 3 is 3.06 bits per heavy atom. The molecule has 2 aromatic heterocycles. The molecule has 6 heteroatoms. The van der Waals surface area contributed by atoms with Crippen LogP contribution in [0.25, 0.3) is 10.8 Å². The number of thiophene rings is 1. The van der Waals surface area contributed by atoms with Gasteiger partial charge in [0.2, 0.25) is 0 Å². The number of aromatic nitrogens is 2. The van der Waals surface area contributed by atoms with Gasteiger partial charge in [-0.05, 0) is 6.42 Å². The van der Waals surface area contributed by atoms with Crippen molar-refractivity contribution >= 4 is 11.3 Å². The van der Waals surface area contributed by atoms with E-state index < -0.39 is 0 Å². The number of hydrogen-bond acceptors (Lipinski definition) is 6. The molecule has 2 aromatic rings. The normalized spacial score (nSPS) is 12.6. The summed E-state index contributed by atoms with van der Waals surface area (Å²) in [7, 11) is 1.63. The molecule has 0 aromatic carbocycles. The van der Waals surface area contributed by atoms with Crippen LogP contribution in [0.2, 0.25) is 0 Å². The fourth-order valence-electron chi connectivity index (χ4n) is 1.35. The molecule has 0 fully saturated rings. The zero-order valence-corrected chi connectivity index (χ0v) is 10.7. The van der Waals surface area contributed by atoms with Crippen LogP contribution in [0.1, 0.15) is 19.2 Å². The van der Waals surface area contributed by atoms with Gasteiger partial charge in [-0.1, -0.05) is 12.1 Å². The van der Waals surface area contributed by atoms with Crippen LogP contribution in [0, 0.1) is 0 Å². The molecule has 0 saturated heterocycles. The van der Waals surface area contributed by atoms with Gasteiger partial charge in [-0.2, -0.15) is 4.98 Å². The van der Waals surface area contributed by atoms with E-state index in [0.717, 1.165) is 17.0 Å². The molecule has 0 amide bonds. The van der Waals surface area contributed by atoms with Crippen molar-refractivity contribution in [2.75, 3.05) is 7.11 Å². The van der Waals surface area contributed by atoms with E-state index in [1.165, 1.54) is 11.3 Å². The van der Waals surface area contributed by atoms with Crippen LogP contribution >= 0.6 is 11.3 Å². The zero-order valence-electron chi connectivity index (χ0n) is 9.84. The highest BCUT2D eigenvalue weighted by molar-refractivity contribution is 7.13. The maximum absolute atomic E-state index is 5.84. The smallest absolute Gasteiger partial charge is 0.268 e. The summed E-state index contributed by atoms with van der Waals surface area (Å²) < 4.78 is 10.3. The lowest BCUT2D eigenvalue weighted by atomic mass is 10.2. The fourth-order valence-corrected chi connectivity index (χ4v) is 2.13. The van der Waals surface area contributed by atoms with Crippen molar-refractivity contribution < 1.29 is 9.26 Å². The summed E-state index contributed by atoms with van der Waals surface area (Å²) in [5.41, 5.74) is 5.84. The molecule has 5 nitrogen and oxygen atoms in total. The SMILES string of the molecule is CCC(N)Cc1noc(-c2cc(OC)cs2)n1. The zero-order chi connectivity index (χ0) is 12.3. The Balaban J connectivity index is 2.12. The van der Waals surface area contributed by atoms with Crippen molar-refractivity contribution in [1.82, 2.24) is 10.1 Å². The van der Waals surface area contributed by atoms with Crippen molar-refractivity contribution in [3.63, 3.8) is 0 Å². The summed E-state index contributed by atoms with van der Waals surface area (Å²) in [5, 5.41) is 5.82. The van der Waals surface area contributed by atoms with Crippen LogP contribution in [-0.2, 0) is 6.42 Å². The van der Waals surface area contributed by atoms with Crippen molar-refractivity contribution in [3.8, 4) is 16.5 Å². The second-order valence-corrected chi connectivity index (χ2v) is 4.65. The van der Waals surface area contributed by atoms with Crippen LogP contribution in [0.15, 0.2) is 16.0 Å². The summed E-state index contributed by atoms with van der Waals surface area (Å²) in [6.07, 6.45) is 1.54. The molecule has 92 valence electrons. The summed E-state index contributed by atoms with van der Waals surface area (Å²) in [6, 6.07) is 1.96. The lowest BCUT2D eigenvalue weighted by molar-refractivity contribution is 0.414. The van der Waals surface area contributed by atoms with E-state index in [1.807, 2.05) is 18.4 Å². The number of hydrogen-bond donors (Lipinski definition) is 1. The number of nitrogens with two attached hydrogens (primary N) is 1. The Bertz CT molecular complexity index is 481. The number of ether oxygens (including phenoxy) is 1. The summed E-state index contributed by atoms with van der Waals surface area (Å²) >= 11 is 1.51. The molecule has 2 rings (SSSR count). The van der Waals surface area contributed by atoms with E-state index in [4.69, 9.17) is 15.0 Å². The van der Waals surface area contributed by atoms with Crippen LogP contribution in [0.4, 0.5) is 0 Å². The minimum Gasteiger partial charge on any atom is -0.496 e. The predicted molar refractivity (Wildman–Crippen MR) is 66.1 cm³/mol. The average Bonchev–Trinajstić information content (AvgIpc) is 2.96. The Morgan fingerprint density at radius 1 is 1.59 bits per heavy atom. The fraction of sp³-hybridized carbons (Fsp3) is 0.455. The Morgan fingerprint density at radius 2 is 2.41 bits per heavy atom. The van der Waals surface area contributed by atoms with E-state index in [2.05, 4.69) is 10.1 Å². The van der Waals surface area contributed by atoms with Crippen LogP contribution in [-0.4, -0.2) is 23.3 Å². The van der Waals surface area contributed by atoms with E-state index in [9.17, 15) is 0 Å². The van der Waals surface area contributed by atoms with Gasteiger partial charge in [-0.3, -0.25) is 0 Å². The summed E-state index contributed by atoms with van der Waals surface area (Å²) in [4.78, 5) is 5.22. The molecule has 0 aliphatic heterocycles. The molecule has 0 spiro atoms. The second-order valence-electron chi connectivity index (χ2n) is 3.74. The minimum absolute atomic E-state index is 0.0818. The van der Waals surface area contributed by atoms with E-state index in [1.54, 1.807) is 7.11 Å². The highest BCUT2D eigenvalue weighted by atomic mass is 32.1. The molecule has 2 N–H and O–H groups in total. The standard InChI is InChI=1S/C11H15N3O2S/c1-3-7(12)4-10-13-11(16-14-10)9-5-8(15-2)6-17-9/h5-7H,3-4,12H2,1-2H3. The third-order valence-corrected chi connectivity index (χ3v) is 3.36. The first-order valence-electron chi connectivity index (χ1n) is 5.44. The van der Waals surface area contributed by atoms with Crippen LogP contribution in [0.3, 0.4) is 0 Å². The molecule has 0 aliphatic carbocycles. The minimum atomic E-state index is 0.0818. The van der Waals surface area contributed by atoms with Gasteiger partial charge >= 0.3 is 0 Å². The third kappa shape index (κ3) is 2.83.